The lowest BCUT2D eigenvalue weighted by Crippen LogP contribution is -1.92. The molecule has 0 saturated carbocycles. The number of hydrogen-bond acceptors (Lipinski definition) is 3. The van der Waals surface area contributed by atoms with Crippen molar-refractivity contribution in [3.8, 4) is 6.07 Å². The zero-order chi connectivity index (χ0) is 12.8. The monoisotopic (exact) mass is 244 g/mol. The number of rotatable bonds is 0. The molecule has 0 aliphatic carbocycles. The van der Waals surface area contributed by atoms with E-state index in [4.69, 9.17) is 5.26 Å². The summed E-state index contributed by atoms with van der Waals surface area (Å²) < 4.78 is 2.02. The summed E-state index contributed by atoms with van der Waals surface area (Å²) in [6.45, 7) is 0. The lowest BCUT2D eigenvalue weighted by atomic mass is 10.2. The number of nitriles is 1. The molecule has 0 saturated heterocycles. The van der Waals surface area contributed by atoms with Gasteiger partial charge in [-0.15, -0.1) is 0 Å². The van der Waals surface area contributed by atoms with Crippen LogP contribution in [0.5, 0.6) is 0 Å². The first-order valence-electron chi connectivity index (χ1n) is 5.92. The number of hydrogen-bond donors (Lipinski definition) is 0. The normalized spacial score (nSPS) is 11.1. The smallest absolute Gasteiger partial charge is 0.147 e. The maximum atomic E-state index is 8.96. The van der Waals surface area contributed by atoms with Crippen LogP contribution in [0.15, 0.2) is 48.8 Å². The highest BCUT2D eigenvalue weighted by atomic mass is 15.0. The van der Waals surface area contributed by atoms with E-state index in [0.29, 0.717) is 5.56 Å². The third-order valence-corrected chi connectivity index (χ3v) is 3.28. The minimum Gasteiger partial charge on any atom is -0.278 e. The Morgan fingerprint density at radius 3 is 2.89 bits per heavy atom. The standard InChI is InChI=1S/C15H8N4/c16-8-10-3-4-13-12(6-10)7-14-18-9-11-2-1-5-17-15(11)19(13)14/h1-7,9H. The highest BCUT2D eigenvalue weighted by Gasteiger charge is 2.08. The van der Waals surface area contributed by atoms with Gasteiger partial charge in [-0.1, -0.05) is 0 Å². The quantitative estimate of drug-likeness (QED) is 0.478. The molecule has 0 fully saturated rings. The van der Waals surface area contributed by atoms with Gasteiger partial charge < -0.3 is 0 Å². The molecule has 4 rings (SSSR count). The summed E-state index contributed by atoms with van der Waals surface area (Å²) in [5.74, 6) is 0. The van der Waals surface area contributed by atoms with Gasteiger partial charge in [0.2, 0.25) is 0 Å². The summed E-state index contributed by atoms with van der Waals surface area (Å²) in [7, 11) is 0. The first-order chi connectivity index (χ1) is 9.36. The predicted octanol–water partition coefficient (Wildman–Crippen LogP) is 2.91. The van der Waals surface area contributed by atoms with Gasteiger partial charge in [-0.3, -0.25) is 4.40 Å². The van der Waals surface area contributed by atoms with Crippen LogP contribution in [-0.2, 0) is 0 Å². The molecule has 1 aromatic carbocycles. The molecule has 4 heteroatoms. The second kappa shape index (κ2) is 3.53. The van der Waals surface area contributed by atoms with E-state index in [1.807, 2.05) is 47.0 Å². The Morgan fingerprint density at radius 1 is 1.05 bits per heavy atom. The molecule has 4 aromatic rings. The largest absolute Gasteiger partial charge is 0.278 e. The molecule has 0 unspecified atom stereocenters. The fraction of sp³-hybridized carbons (Fsp3) is 0. The Kier molecular flexibility index (Phi) is 1.86. The molecule has 3 aromatic heterocycles. The molecular formula is C15H8N4. The van der Waals surface area contributed by atoms with Gasteiger partial charge in [0.05, 0.1) is 17.1 Å². The molecule has 0 aliphatic heterocycles. The Hall–Kier alpha value is -2.93. The van der Waals surface area contributed by atoms with Gasteiger partial charge in [-0.25, -0.2) is 9.97 Å². The molecule has 0 bridgehead atoms. The number of aromatic nitrogens is 3. The van der Waals surface area contributed by atoms with Crippen molar-refractivity contribution in [2.75, 3.05) is 0 Å². The Bertz CT molecular complexity index is 976. The van der Waals surface area contributed by atoms with Gasteiger partial charge >= 0.3 is 0 Å². The second-order valence-electron chi connectivity index (χ2n) is 4.40. The SMILES string of the molecule is N#Cc1ccc2c(c1)cc1ncc3cccnc3n12. The predicted molar refractivity (Wildman–Crippen MR) is 72.7 cm³/mol. The van der Waals surface area contributed by atoms with Crippen molar-refractivity contribution in [1.82, 2.24) is 14.4 Å². The van der Waals surface area contributed by atoms with Crippen molar-refractivity contribution in [2.24, 2.45) is 0 Å². The van der Waals surface area contributed by atoms with Crippen molar-refractivity contribution in [2.45, 2.75) is 0 Å². The van der Waals surface area contributed by atoms with Crippen molar-refractivity contribution in [1.29, 1.82) is 5.26 Å². The molecule has 0 spiro atoms. The summed E-state index contributed by atoms with van der Waals surface area (Å²) in [5.41, 5.74) is 3.40. The molecule has 0 amide bonds. The second-order valence-corrected chi connectivity index (χ2v) is 4.40. The molecule has 0 atom stereocenters. The van der Waals surface area contributed by atoms with Crippen LogP contribution in [0.3, 0.4) is 0 Å². The van der Waals surface area contributed by atoms with E-state index in [1.54, 1.807) is 6.20 Å². The zero-order valence-corrected chi connectivity index (χ0v) is 9.91. The van der Waals surface area contributed by atoms with Crippen LogP contribution < -0.4 is 0 Å². The first kappa shape index (κ1) is 10.0. The van der Waals surface area contributed by atoms with E-state index in [0.717, 1.165) is 27.6 Å². The van der Waals surface area contributed by atoms with Gasteiger partial charge in [0.25, 0.3) is 0 Å². The summed E-state index contributed by atoms with van der Waals surface area (Å²) in [6.07, 6.45) is 3.60. The minimum atomic E-state index is 0.653. The maximum absolute atomic E-state index is 8.96. The minimum absolute atomic E-state index is 0.653. The van der Waals surface area contributed by atoms with E-state index >= 15 is 0 Å². The molecule has 4 nitrogen and oxygen atoms in total. The van der Waals surface area contributed by atoms with Crippen molar-refractivity contribution < 1.29 is 0 Å². The Labute approximate surface area is 108 Å². The first-order valence-corrected chi connectivity index (χ1v) is 5.92. The maximum Gasteiger partial charge on any atom is 0.147 e. The molecule has 0 aliphatic rings. The molecule has 19 heavy (non-hydrogen) atoms. The summed E-state index contributed by atoms with van der Waals surface area (Å²) in [4.78, 5) is 8.87. The zero-order valence-electron chi connectivity index (χ0n) is 9.91. The summed E-state index contributed by atoms with van der Waals surface area (Å²) >= 11 is 0. The van der Waals surface area contributed by atoms with Crippen LogP contribution in [0, 0.1) is 11.3 Å². The Morgan fingerprint density at radius 2 is 2.00 bits per heavy atom. The van der Waals surface area contributed by atoms with Gasteiger partial charge in [-0.05, 0) is 36.4 Å². The third kappa shape index (κ3) is 1.33. The highest BCUT2D eigenvalue weighted by molar-refractivity contribution is 5.92. The fourth-order valence-corrected chi connectivity index (χ4v) is 2.42. The molecule has 88 valence electrons. The van der Waals surface area contributed by atoms with Crippen LogP contribution in [-0.4, -0.2) is 14.4 Å². The number of pyridine rings is 1. The van der Waals surface area contributed by atoms with Gasteiger partial charge in [-0.2, -0.15) is 5.26 Å². The van der Waals surface area contributed by atoms with Crippen LogP contribution >= 0.6 is 0 Å². The number of nitrogens with zero attached hydrogens (tertiary/aromatic N) is 4. The van der Waals surface area contributed by atoms with Crippen LogP contribution in [0.1, 0.15) is 5.56 Å². The molecular weight excluding hydrogens is 236 g/mol. The highest BCUT2D eigenvalue weighted by Crippen LogP contribution is 2.23. The lowest BCUT2D eigenvalue weighted by Gasteiger charge is -2.02. The van der Waals surface area contributed by atoms with Crippen LogP contribution in [0.25, 0.3) is 27.6 Å². The summed E-state index contributed by atoms with van der Waals surface area (Å²) in [5, 5.41) is 11.0. The van der Waals surface area contributed by atoms with E-state index in [1.165, 1.54) is 0 Å². The lowest BCUT2D eigenvalue weighted by molar-refractivity contribution is 1.18. The van der Waals surface area contributed by atoms with Crippen LogP contribution in [0.4, 0.5) is 0 Å². The number of fused-ring (bicyclic) bond motifs is 5. The fourth-order valence-electron chi connectivity index (χ4n) is 2.42. The van der Waals surface area contributed by atoms with Crippen molar-refractivity contribution >= 4 is 27.6 Å². The van der Waals surface area contributed by atoms with Gasteiger partial charge in [0.15, 0.2) is 0 Å². The molecule has 0 N–H and O–H groups in total. The van der Waals surface area contributed by atoms with E-state index in [9.17, 15) is 0 Å². The third-order valence-electron chi connectivity index (χ3n) is 3.28. The van der Waals surface area contributed by atoms with E-state index in [2.05, 4.69) is 16.0 Å². The molecule has 3 heterocycles. The number of benzene rings is 1. The van der Waals surface area contributed by atoms with Crippen LogP contribution in [0.2, 0.25) is 0 Å². The van der Waals surface area contributed by atoms with Gasteiger partial charge in [0, 0.05) is 23.2 Å². The molecule has 0 radical (unpaired) electrons. The summed E-state index contributed by atoms with van der Waals surface area (Å²) in [6, 6.07) is 13.7. The Balaban J connectivity index is 2.27. The van der Waals surface area contributed by atoms with E-state index in [-0.39, 0.29) is 0 Å². The average molecular weight is 244 g/mol. The van der Waals surface area contributed by atoms with Crippen molar-refractivity contribution in [3.63, 3.8) is 0 Å². The van der Waals surface area contributed by atoms with Crippen molar-refractivity contribution in [3.05, 3.63) is 54.4 Å². The average Bonchev–Trinajstić information content (AvgIpc) is 2.84. The topological polar surface area (TPSA) is 54.0 Å². The van der Waals surface area contributed by atoms with E-state index < -0.39 is 0 Å². The van der Waals surface area contributed by atoms with Gasteiger partial charge in [0.1, 0.15) is 11.3 Å².